The van der Waals surface area contributed by atoms with E-state index in [1.54, 1.807) is 0 Å². The standard InChI is InChI=1S/C13H13NO/c1-10-3-6-12(7-4-10)14-11(2)5-8-13(14)9-15/h3-9H,1-2H3. The molecular formula is C13H13NO. The van der Waals surface area contributed by atoms with Crippen LogP contribution in [0.3, 0.4) is 0 Å². The molecule has 0 unspecified atom stereocenters. The smallest absolute Gasteiger partial charge is 0.166 e. The molecule has 15 heavy (non-hydrogen) atoms. The van der Waals surface area contributed by atoms with Crippen LogP contribution in [0.25, 0.3) is 5.69 Å². The molecular weight excluding hydrogens is 186 g/mol. The summed E-state index contributed by atoms with van der Waals surface area (Å²) in [5.41, 5.74) is 4.01. The summed E-state index contributed by atoms with van der Waals surface area (Å²) < 4.78 is 1.95. The molecule has 0 aliphatic rings. The molecule has 0 spiro atoms. The number of hydrogen-bond acceptors (Lipinski definition) is 1. The van der Waals surface area contributed by atoms with Crippen molar-refractivity contribution in [3.05, 3.63) is 53.3 Å². The number of aromatic nitrogens is 1. The Labute approximate surface area is 89.2 Å². The van der Waals surface area contributed by atoms with Crippen LogP contribution >= 0.6 is 0 Å². The molecule has 2 nitrogen and oxygen atoms in total. The molecule has 0 atom stereocenters. The van der Waals surface area contributed by atoms with Gasteiger partial charge in [-0.25, -0.2) is 0 Å². The molecule has 2 heteroatoms. The van der Waals surface area contributed by atoms with Gasteiger partial charge in [0.1, 0.15) is 0 Å². The van der Waals surface area contributed by atoms with Crippen LogP contribution < -0.4 is 0 Å². The lowest BCUT2D eigenvalue weighted by atomic mass is 10.2. The highest BCUT2D eigenvalue weighted by atomic mass is 16.1. The molecule has 0 aliphatic carbocycles. The van der Waals surface area contributed by atoms with E-state index >= 15 is 0 Å². The van der Waals surface area contributed by atoms with E-state index in [9.17, 15) is 4.79 Å². The van der Waals surface area contributed by atoms with Gasteiger partial charge < -0.3 is 4.57 Å². The second-order valence-electron chi connectivity index (χ2n) is 3.69. The lowest BCUT2D eigenvalue weighted by molar-refractivity contribution is 0.111. The third-order valence-corrected chi connectivity index (χ3v) is 2.52. The van der Waals surface area contributed by atoms with Crippen molar-refractivity contribution < 1.29 is 4.79 Å². The van der Waals surface area contributed by atoms with Crippen LogP contribution in [0.5, 0.6) is 0 Å². The number of carbonyl (C=O) groups is 1. The van der Waals surface area contributed by atoms with Crippen LogP contribution in [0.4, 0.5) is 0 Å². The second kappa shape index (κ2) is 3.73. The highest BCUT2D eigenvalue weighted by Gasteiger charge is 2.05. The van der Waals surface area contributed by atoms with Crippen LogP contribution in [-0.2, 0) is 0 Å². The van der Waals surface area contributed by atoms with Gasteiger partial charge in [-0.1, -0.05) is 17.7 Å². The number of aldehydes is 1. The Kier molecular flexibility index (Phi) is 2.42. The Morgan fingerprint density at radius 2 is 1.67 bits per heavy atom. The second-order valence-corrected chi connectivity index (χ2v) is 3.69. The minimum atomic E-state index is 0.691. The summed E-state index contributed by atoms with van der Waals surface area (Å²) in [6.45, 7) is 4.04. The molecule has 0 saturated carbocycles. The van der Waals surface area contributed by atoms with Crippen LogP contribution in [0.2, 0.25) is 0 Å². The maximum atomic E-state index is 10.9. The number of rotatable bonds is 2. The summed E-state index contributed by atoms with van der Waals surface area (Å²) in [5.74, 6) is 0. The quantitative estimate of drug-likeness (QED) is 0.681. The molecule has 0 bridgehead atoms. The zero-order valence-electron chi connectivity index (χ0n) is 8.90. The number of benzene rings is 1. The predicted molar refractivity (Wildman–Crippen MR) is 60.6 cm³/mol. The van der Waals surface area contributed by atoms with Crippen molar-refractivity contribution in [1.82, 2.24) is 4.57 Å². The normalized spacial score (nSPS) is 10.3. The average Bonchev–Trinajstić information content (AvgIpc) is 2.61. The van der Waals surface area contributed by atoms with E-state index in [2.05, 4.69) is 0 Å². The molecule has 1 aromatic carbocycles. The number of aryl methyl sites for hydroxylation is 2. The summed E-state index contributed by atoms with van der Waals surface area (Å²) in [4.78, 5) is 10.9. The summed E-state index contributed by atoms with van der Waals surface area (Å²) in [6, 6.07) is 11.9. The van der Waals surface area contributed by atoms with Crippen molar-refractivity contribution in [2.24, 2.45) is 0 Å². The van der Waals surface area contributed by atoms with Crippen molar-refractivity contribution in [2.75, 3.05) is 0 Å². The summed E-state index contributed by atoms with van der Waals surface area (Å²) in [6.07, 6.45) is 0.882. The molecule has 0 amide bonds. The summed E-state index contributed by atoms with van der Waals surface area (Å²) in [5, 5.41) is 0. The Morgan fingerprint density at radius 3 is 2.27 bits per heavy atom. The lowest BCUT2D eigenvalue weighted by Crippen LogP contribution is -2.00. The predicted octanol–water partition coefficient (Wildman–Crippen LogP) is 2.91. The van der Waals surface area contributed by atoms with Gasteiger partial charge in [-0.15, -0.1) is 0 Å². The first kappa shape index (κ1) is 9.71. The van der Waals surface area contributed by atoms with Gasteiger partial charge in [0.15, 0.2) is 6.29 Å². The van der Waals surface area contributed by atoms with Gasteiger partial charge in [0, 0.05) is 11.4 Å². The van der Waals surface area contributed by atoms with Crippen LogP contribution in [-0.4, -0.2) is 10.9 Å². The topological polar surface area (TPSA) is 22.0 Å². The minimum Gasteiger partial charge on any atom is -0.311 e. The molecule has 0 radical (unpaired) electrons. The zero-order valence-corrected chi connectivity index (χ0v) is 8.90. The molecule has 1 heterocycles. The largest absolute Gasteiger partial charge is 0.311 e. The van der Waals surface area contributed by atoms with E-state index in [1.807, 2.05) is 54.8 Å². The average molecular weight is 199 g/mol. The van der Waals surface area contributed by atoms with Crippen LogP contribution in [0, 0.1) is 13.8 Å². The van der Waals surface area contributed by atoms with Crippen LogP contribution in [0.1, 0.15) is 21.7 Å². The van der Waals surface area contributed by atoms with Gasteiger partial charge in [-0.05, 0) is 38.1 Å². The molecule has 0 saturated heterocycles. The maximum absolute atomic E-state index is 10.9. The maximum Gasteiger partial charge on any atom is 0.166 e. The van der Waals surface area contributed by atoms with Crippen molar-refractivity contribution >= 4 is 6.29 Å². The highest BCUT2D eigenvalue weighted by Crippen LogP contribution is 2.16. The summed E-state index contributed by atoms with van der Waals surface area (Å²) in [7, 11) is 0. The van der Waals surface area contributed by atoms with Crippen molar-refractivity contribution in [2.45, 2.75) is 13.8 Å². The fraction of sp³-hybridized carbons (Fsp3) is 0.154. The Balaban J connectivity index is 2.57. The molecule has 2 rings (SSSR count). The monoisotopic (exact) mass is 199 g/mol. The van der Waals surface area contributed by atoms with Gasteiger partial charge in [-0.3, -0.25) is 4.79 Å². The van der Waals surface area contributed by atoms with E-state index in [1.165, 1.54) is 5.56 Å². The zero-order chi connectivity index (χ0) is 10.8. The number of hydrogen-bond donors (Lipinski definition) is 0. The molecule has 76 valence electrons. The van der Waals surface area contributed by atoms with E-state index < -0.39 is 0 Å². The first-order chi connectivity index (χ1) is 7.22. The van der Waals surface area contributed by atoms with E-state index in [0.29, 0.717) is 5.69 Å². The van der Waals surface area contributed by atoms with Crippen LogP contribution in [0.15, 0.2) is 36.4 Å². The van der Waals surface area contributed by atoms with Gasteiger partial charge in [0.2, 0.25) is 0 Å². The minimum absolute atomic E-state index is 0.691. The van der Waals surface area contributed by atoms with Crippen molar-refractivity contribution in [1.29, 1.82) is 0 Å². The Bertz CT molecular complexity index is 480. The first-order valence-electron chi connectivity index (χ1n) is 4.93. The highest BCUT2D eigenvalue weighted by molar-refractivity contribution is 5.74. The summed E-state index contributed by atoms with van der Waals surface area (Å²) >= 11 is 0. The van der Waals surface area contributed by atoms with Crippen molar-refractivity contribution in [3.63, 3.8) is 0 Å². The Hall–Kier alpha value is -1.83. The Morgan fingerprint density at radius 1 is 1.00 bits per heavy atom. The molecule has 2 aromatic rings. The van der Waals surface area contributed by atoms with Gasteiger partial charge in [0.05, 0.1) is 5.69 Å². The van der Waals surface area contributed by atoms with E-state index in [4.69, 9.17) is 0 Å². The van der Waals surface area contributed by atoms with E-state index in [0.717, 1.165) is 17.7 Å². The molecule has 1 aromatic heterocycles. The van der Waals surface area contributed by atoms with Gasteiger partial charge in [-0.2, -0.15) is 0 Å². The van der Waals surface area contributed by atoms with Crippen molar-refractivity contribution in [3.8, 4) is 5.69 Å². The molecule has 0 fully saturated rings. The third kappa shape index (κ3) is 1.71. The van der Waals surface area contributed by atoms with E-state index in [-0.39, 0.29) is 0 Å². The molecule has 0 N–H and O–H groups in total. The van der Waals surface area contributed by atoms with Gasteiger partial charge >= 0.3 is 0 Å². The third-order valence-electron chi connectivity index (χ3n) is 2.52. The number of carbonyl (C=O) groups excluding carboxylic acids is 1. The SMILES string of the molecule is Cc1ccc(-n2c(C)ccc2C=O)cc1. The fourth-order valence-corrected chi connectivity index (χ4v) is 1.70. The molecule has 0 aliphatic heterocycles. The fourth-order valence-electron chi connectivity index (χ4n) is 1.70. The number of nitrogens with zero attached hydrogens (tertiary/aromatic N) is 1. The van der Waals surface area contributed by atoms with Gasteiger partial charge in [0.25, 0.3) is 0 Å². The lowest BCUT2D eigenvalue weighted by Gasteiger charge is -2.08. The first-order valence-corrected chi connectivity index (χ1v) is 4.93.